The Labute approximate surface area is 210 Å². The number of aliphatic hydroxyl groups is 1. The Morgan fingerprint density at radius 1 is 1.06 bits per heavy atom. The number of nitrogens with zero attached hydrogens (tertiary/aromatic N) is 4. The Kier molecular flexibility index (Phi) is 6.83. The van der Waals surface area contributed by atoms with Crippen LogP contribution in [0.25, 0.3) is 0 Å². The molecule has 2 saturated carbocycles. The van der Waals surface area contributed by atoms with E-state index in [1.807, 2.05) is 4.90 Å². The largest absolute Gasteiger partial charge is 0.391 e. The number of β-amino-alcohol motifs (C(OH)–C–C–N with tert-alkyl or cyclic N) is 1. The van der Waals surface area contributed by atoms with Crippen molar-refractivity contribution in [3.8, 4) is 0 Å². The van der Waals surface area contributed by atoms with Gasteiger partial charge in [0.1, 0.15) is 6.54 Å². The number of hydrogen-bond donors (Lipinski definition) is 1. The average Bonchev–Trinajstić information content (AvgIpc) is 3.07. The van der Waals surface area contributed by atoms with Gasteiger partial charge in [0.05, 0.1) is 11.6 Å². The minimum absolute atomic E-state index is 0.0229. The zero-order valence-electron chi connectivity index (χ0n) is 21.5. The predicted molar refractivity (Wildman–Crippen MR) is 136 cm³/mol. The van der Waals surface area contributed by atoms with Gasteiger partial charge in [-0.15, -0.1) is 0 Å². The van der Waals surface area contributed by atoms with Crippen LogP contribution >= 0.6 is 0 Å². The number of urea groups is 1. The van der Waals surface area contributed by atoms with Crippen LogP contribution in [0.15, 0.2) is 30.3 Å². The smallest absolute Gasteiger partial charge is 0.321 e. The van der Waals surface area contributed by atoms with Gasteiger partial charge in [-0.05, 0) is 76.9 Å². The van der Waals surface area contributed by atoms with Crippen LogP contribution in [0.2, 0.25) is 0 Å². The van der Waals surface area contributed by atoms with E-state index in [0.717, 1.165) is 45.1 Å². The molecule has 2 aliphatic carbocycles. The summed E-state index contributed by atoms with van der Waals surface area (Å²) in [5.41, 5.74) is 1.14. The van der Waals surface area contributed by atoms with Crippen molar-refractivity contribution in [3.05, 3.63) is 35.9 Å². The van der Waals surface area contributed by atoms with Gasteiger partial charge >= 0.3 is 6.03 Å². The number of aliphatic hydroxyl groups excluding tert-OH is 1. The third kappa shape index (κ3) is 4.57. The first-order chi connectivity index (χ1) is 16.8. The molecule has 4 fully saturated rings. The Bertz CT molecular complexity index is 908. The van der Waals surface area contributed by atoms with E-state index in [1.165, 1.54) is 24.8 Å². The fourth-order valence-electron chi connectivity index (χ4n) is 6.95. The summed E-state index contributed by atoms with van der Waals surface area (Å²) < 4.78 is 0. The van der Waals surface area contributed by atoms with Crippen LogP contribution in [0.3, 0.4) is 0 Å². The van der Waals surface area contributed by atoms with Crippen LogP contribution in [0.4, 0.5) is 4.79 Å². The molecule has 4 aliphatic rings. The van der Waals surface area contributed by atoms with E-state index < -0.39 is 6.10 Å². The van der Waals surface area contributed by atoms with Crippen molar-refractivity contribution >= 4 is 11.9 Å². The zero-order chi connectivity index (χ0) is 24.6. The molecule has 1 unspecified atom stereocenters. The molecule has 35 heavy (non-hydrogen) atoms. The molecule has 7 nitrogen and oxygen atoms in total. The fraction of sp³-hybridized carbons (Fsp3) is 0.714. The first kappa shape index (κ1) is 24.6. The molecule has 0 radical (unpaired) electrons. The van der Waals surface area contributed by atoms with E-state index in [-0.39, 0.29) is 29.6 Å². The number of rotatable bonds is 6. The fourth-order valence-corrected chi connectivity index (χ4v) is 6.95. The molecule has 3 amide bonds. The van der Waals surface area contributed by atoms with Crippen molar-refractivity contribution in [2.24, 2.45) is 5.92 Å². The lowest BCUT2D eigenvalue weighted by Gasteiger charge is -2.51. The Balaban J connectivity index is 1.34. The number of carbonyl (C=O) groups excluding carboxylic acids is 2. The molecule has 2 aliphatic heterocycles. The lowest BCUT2D eigenvalue weighted by Crippen LogP contribution is -2.56. The van der Waals surface area contributed by atoms with Gasteiger partial charge in [-0.25, -0.2) is 4.79 Å². The summed E-state index contributed by atoms with van der Waals surface area (Å²) in [6.07, 6.45) is 8.70. The maximum Gasteiger partial charge on any atom is 0.321 e. The highest BCUT2D eigenvalue weighted by Crippen LogP contribution is 2.49. The Morgan fingerprint density at radius 2 is 1.77 bits per heavy atom. The summed E-state index contributed by atoms with van der Waals surface area (Å²) in [6, 6.07) is 10.8. The van der Waals surface area contributed by atoms with Gasteiger partial charge < -0.3 is 19.8 Å². The minimum Gasteiger partial charge on any atom is -0.391 e. The third-order valence-electron chi connectivity index (χ3n) is 9.48. The molecule has 7 heteroatoms. The summed E-state index contributed by atoms with van der Waals surface area (Å²) in [7, 11) is 4.35. The van der Waals surface area contributed by atoms with Crippen molar-refractivity contribution in [1.29, 1.82) is 0 Å². The molecule has 1 aromatic rings. The van der Waals surface area contributed by atoms with Crippen LogP contribution in [-0.4, -0.2) is 95.1 Å². The Morgan fingerprint density at radius 3 is 2.37 bits per heavy atom. The van der Waals surface area contributed by atoms with Gasteiger partial charge in [-0.1, -0.05) is 36.8 Å². The maximum atomic E-state index is 13.7. The van der Waals surface area contributed by atoms with Crippen molar-refractivity contribution < 1.29 is 14.7 Å². The van der Waals surface area contributed by atoms with Gasteiger partial charge in [-0.3, -0.25) is 9.69 Å². The molecule has 1 atom stereocenters. The molecule has 0 aromatic heterocycles. The van der Waals surface area contributed by atoms with E-state index in [0.29, 0.717) is 25.6 Å². The molecule has 2 heterocycles. The van der Waals surface area contributed by atoms with E-state index in [2.05, 4.69) is 54.2 Å². The number of piperidine rings is 1. The third-order valence-corrected chi connectivity index (χ3v) is 9.48. The van der Waals surface area contributed by atoms with Gasteiger partial charge in [0.25, 0.3) is 0 Å². The Hall–Kier alpha value is -2.12. The van der Waals surface area contributed by atoms with E-state index in [1.54, 1.807) is 4.90 Å². The first-order valence-corrected chi connectivity index (χ1v) is 13.6. The summed E-state index contributed by atoms with van der Waals surface area (Å²) >= 11 is 0. The summed E-state index contributed by atoms with van der Waals surface area (Å²) in [6.45, 7) is 2.66. The summed E-state index contributed by atoms with van der Waals surface area (Å²) in [5, 5.41) is 10.0. The number of amides is 3. The molecule has 0 bridgehead atoms. The summed E-state index contributed by atoms with van der Waals surface area (Å²) in [5.74, 6) is 0.568. The van der Waals surface area contributed by atoms with Crippen molar-refractivity contribution in [2.45, 2.75) is 75.0 Å². The second-order valence-corrected chi connectivity index (χ2v) is 11.7. The molecule has 1 aromatic carbocycles. The van der Waals surface area contributed by atoms with Gasteiger partial charge in [0.15, 0.2) is 0 Å². The van der Waals surface area contributed by atoms with E-state index in [9.17, 15) is 14.7 Å². The molecular formula is C28H42N4O3. The number of hydrogen-bond acceptors (Lipinski definition) is 4. The van der Waals surface area contributed by atoms with Crippen LogP contribution in [0.1, 0.15) is 63.4 Å². The number of benzene rings is 1. The molecule has 1 N–H and O–H groups in total. The predicted octanol–water partition coefficient (Wildman–Crippen LogP) is 3.28. The van der Waals surface area contributed by atoms with Crippen LogP contribution in [0.5, 0.6) is 0 Å². The van der Waals surface area contributed by atoms with Gasteiger partial charge in [0.2, 0.25) is 5.91 Å². The number of likely N-dealkylation sites (tertiary alicyclic amines) is 1. The standard InChI is InChI=1S/C28H42N4O3/c1-29(2)28(23-10-4-3-5-11-23)15-13-27(14-16-28)21-31(26(35)32(27)18-22-8-6-9-22)20-25(34)30-17-7-12-24(33)19-30/h3-5,10-11,22,24,33H,6-9,12-21H2,1-2H3. The van der Waals surface area contributed by atoms with Crippen molar-refractivity contribution in [1.82, 2.24) is 19.6 Å². The minimum atomic E-state index is -0.445. The molecule has 192 valence electrons. The SMILES string of the molecule is CN(C)C1(c2ccccc2)CCC2(CC1)CN(CC(=O)N1CCCC(O)C1)C(=O)N2CC1CCC1. The number of carbonyl (C=O) groups is 2. The summed E-state index contributed by atoms with van der Waals surface area (Å²) in [4.78, 5) is 34.9. The highest BCUT2D eigenvalue weighted by Gasteiger charge is 2.55. The zero-order valence-corrected chi connectivity index (χ0v) is 21.5. The molecule has 5 rings (SSSR count). The van der Waals surface area contributed by atoms with Crippen LogP contribution in [-0.2, 0) is 10.3 Å². The quantitative estimate of drug-likeness (QED) is 0.676. The van der Waals surface area contributed by atoms with Gasteiger partial charge in [0, 0.05) is 31.7 Å². The average molecular weight is 483 g/mol. The lowest BCUT2D eigenvalue weighted by atomic mass is 9.68. The topological polar surface area (TPSA) is 67.3 Å². The lowest BCUT2D eigenvalue weighted by molar-refractivity contribution is -0.134. The van der Waals surface area contributed by atoms with Gasteiger partial charge in [-0.2, -0.15) is 0 Å². The molecular weight excluding hydrogens is 440 g/mol. The second kappa shape index (κ2) is 9.74. The van der Waals surface area contributed by atoms with Crippen LogP contribution in [0, 0.1) is 5.92 Å². The first-order valence-electron chi connectivity index (χ1n) is 13.6. The van der Waals surface area contributed by atoms with E-state index in [4.69, 9.17) is 0 Å². The van der Waals surface area contributed by atoms with E-state index >= 15 is 0 Å². The molecule has 2 saturated heterocycles. The highest BCUT2D eigenvalue weighted by molar-refractivity contribution is 5.86. The molecule has 1 spiro atoms. The van der Waals surface area contributed by atoms with Crippen LogP contribution < -0.4 is 0 Å². The van der Waals surface area contributed by atoms with Crippen molar-refractivity contribution in [3.63, 3.8) is 0 Å². The van der Waals surface area contributed by atoms with Crippen molar-refractivity contribution in [2.75, 3.05) is 46.8 Å². The second-order valence-electron chi connectivity index (χ2n) is 11.7. The highest BCUT2D eigenvalue weighted by atomic mass is 16.3. The maximum absolute atomic E-state index is 13.7. The normalized spacial score (nSPS) is 31.9. The monoisotopic (exact) mass is 482 g/mol.